The van der Waals surface area contributed by atoms with Crippen molar-refractivity contribution in [1.82, 2.24) is 5.32 Å². The molecule has 8 nitrogen and oxygen atoms in total. The minimum Gasteiger partial charge on any atom is -0.449 e. The van der Waals surface area contributed by atoms with Crippen LogP contribution in [0.15, 0.2) is 39.5 Å². The number of para-hydroxylation sites is 1. The van der Waals surface area contributed by atoms with E-state index in [1.807, 2.05) is 0 Å². The predicted octanol–water partition coefficient (Wildman–Crippen LogP) is 0.533. The van der Waals surface area contributed by atoms with Crippen molar-refractivity contribution in [1.29, 1.82) is 0 Å². The Labute approximate surface area is 123 Å². The van der Waals surface area contributed by atoms with Crippen molar-refractivity contribution in [3.05, 3.63) is 46.3 Å². The van der Waals surface area contributed by atoms with Crippen LogP contribution in [0.25, 0.3) is 11.0 Å². The molecule has 1 aromatic heterocycles. The summed E-state index contributed by atoms with van der Waals surface area (Å²) in [4.78, 5) is 45.7. The molecule has 0 bridgehead atoms. The first-order valence-electron chi connectivity index (χ1n) is 6.22. The molecule has 0 aliphatic carbocycles. The number of urea groups is 1. The van der Waals surface area contributed by atoms with Gasteiger partial charge in [-0.1, -0.05) is 12.1 Å². The monoisotopic (exact) mass is 304 g/mol. The topological polar surface area (TPSA) is 129 Å². The number of imide groups is 1. The fourth-order valence-electron chi connectivity index (χ4n) is 1.70. The molecule has 0 unspecified atom stereocenters. The van der Waals surface area contributed by atoms with E-state index in [1.54, 1.807) is 23.5 Å². The van der Waals surface area contributed by atoms with Gasteiger partial charge in [-0.15, -0.1) is 0 Å². The first-order valence-corrected chi connectivity index (χ1v) is 6.22. The fourth-order valence-corrected chi connectivity index (χ4v) is 1.70. The smallest absolute Gasteiger partial charge is 0.375 e. The quantitative estimate of drug-likeness (QED) is 0.796. The Bertz CT molecular complexity index is 810. The van der Waals surface area contributed by atoms with Gasteiger partial charge in [-0.3, -0.25) is 14.9 Å². The normalized spacial score (nSPS) is 11.7. The molecular formula is C14H12N2O6. The van der Waals surface area contributed by atoms with E-state index >= 15 is 0 Å². The van der Waals surface area contributed by atoms with Crippen LogP contribution in [0.1, 0.15) is 17.5 Å². The minimum atomic E-state index is -1.28. The molecule has 0 spiro atoms. The van der Waals surface area contributed by atoms with Gasteiger partial charge in [0.25, 0.3) is 5.91 Å². The number of hydrogen-bond acceptors (Lipinski definition) is 6. The second kappa shape index (κ2) is 6.08. The van der Waals surface area contributed by atoms with E-state index in [-0.39, 0.29) is 11.3 Å². The predicted molar refractivity (Wildman–Crippen MR) is 75.1 cm³/mol. The molecule has 0 saturated heterocycles. The van der Waals surface area contributed by atoms with Crippen molar-refractivity contribution >= 4 is 28.9 Å². The van der Waals surface area contributed by atoms with Crippen LogP contribution < -0.4 is 16.5 Å². The molecule has 22 heavy (non-hydrogen) atoms. The van der Waals surface area contributed by atoms with Gasteiger partial charge in [0.2, 0.25) is 5.76 Å². The van der Waals surface area contributed by atoms with Crippen molar-refractivity contribution in [3.63, 3.8) is 0 Å². The number of rotatable bonds is 3. The number of primary amides is 1. The van der Waals surface area contributed by atoms with E-state index in [1.165, 1.54) is 13.0 Å². The molecule has 1 aromatic carbocycles. The summed E-state index contributed by atoms with van der Waals surface area (Å²) < 4.78 is 10.1. The average Bonchev–Trinajstić information content (AvgIpc) is 2.46. The average molecular weight is 304 g/mol. The molecule has 0 radical (unpaired) electrons. The molecule has 0 aliphatic heterocycles. The highest BCUT2D eigenvalue weighted by Gasteiger charge is 2.22. The SMILES string of the molecule is C[C@@H](OC(=O)c1cc(=O)c2ccccc2o1)C(=O)NC(N)=O. The van der Waals surface area contributed by atoms with Crippen molar-refractivity contribution in [3.8, 4) is 0 Å². The molecular weight excluding hydrogens is 292 g/mol. The molecule has 2 aromatic rings. The summed E-state index contributed by atoms with van der Waals surface area (Å²) in [6.45, 7) is 1.25. The Hall–Kier alpha value is -3.16. The number of amides is 3. The summed E-state index contributed by atoms with van der Waals surface area (Å²) in [7, 11) is 0. The van der Waals surface area contributed by atoms with Crippen LogP contribution in [0.3, 0.4) is 0 Å². The van der Waals surface area contributed by atoms with Gasteiger partial charge in [0.15, 0.2) is 11.5 Å². The van der Waals surface area contributed by atoms with Gasteiger partial charge < -0.3 is 14.9 Å². The maximum absolute atomic E-state index is 11.9. The standard InChI is InChI=1S/C14H12N2O6/c1-7(12(18)16-14(15)20)21-13(19)11-6-9(17)8-4-2-3-5-10(8)22-11/h2-7H,1H3,(H3,15,16,18,20)/t7-/m1/s1. The summed E-state index contributed by atoms with van der Waals surface area (Å²) >= 11 is 0. The second-order valence-corrected chi connectivity index (χ2v) is 4.37. The Morgan fingerprint density at radius 3 is 2.64 bits per heavy atom. The lowest BCUT2D eigenvalue weighted by molar-refractivity contribution is -0.127. The van der Waals surface area contributed by atoms with Crippen molar-refractivity contribution < 1.29 is 23.5 Å². The zero-order valence-electron chi connectivity index (χ0n) is 11.5. The third-order valence-electron chi connectivity index (χ3n) is 2.74. The van der Waals surface area contributed by atoms with Gasteiger partial charge in [-0.2, -0.15) is 0 Å². The molecule has 8 heteroatoms. The molecule has 1 heterocycles. The molecule has 114 valence electrons. The Morgan fingerprint density at radius 2 is 1.95 bits per heavy atom. The Morgan fingerprint density at radius 1 is 1.27 bits per heavy atom. The summed E-state index contributed by atoms with van der Waals surface area (Å²) in [5, 5.41) is 2.09. The number of nitrogens with one attached hydrogen (secondary N) is 1. The maximum Gasteiger partial charge on any atom is 0.375 e. The summed E-state index contributed by atoms with van der Waals surface area (Å²) in [6, 6.07) is 6.29. The van der Waals surface area contributed by atoms with Gasteiger partial charge in [0, 0.05) is 6.07 Å². The molecule has 0 aliphatic rings. The van der Waals surface area contributed by atoms with Crippen LogP contribution >= 0.6 is 0 Å². The minimum absolute atomic E-state index is 0.219. The number of carbonyl (C=O) groups excluding carboxylic acids is 3. The zero-order valence-corrected chi connectivity index (χ0v) is 11.5. The van der Waals surface area contributed by atoms with E-state index in [0.717, 1.165) is 6.07 Å². The number of benzene rings is 1. The largest absolute Gasteiger partial charge is 0.449 e. The van der Waals surface area contributed by atoms with Gasteiger partial charge in [0.05, 0.1) is 5.39 Å². The van der Waals surface area contributed by atoms with E-state index in [4.69, 9.17) is 14.9 Å². The number of esters is 1. The van der Waals surface area contributed by atoms with Crippen LogP contribution in [0.4, 0.5) is 4.79 Å². The van der Waals surface area contributed by atoms with Crippen LogP contribution in [0.5, 0.6) is 0 Å². The van der Waals surface area contributed by atoms with Gasteiger partial charge in [-0.05, 0) is 19.1 Å². The maximum atomic E-state index is 11.9. The lowest BCUT2D eigenvalue weighted by atomic mass is 10.2. The number of fused-ring (bicyclic) bond motifs is 1. The third kappa shape index (κ3) is 3.29. The molecule has 3 amide bonds. The third-order valence-corrected chi connectivity index (χ3v) is 2.74. The molecule has 3 N–H and O–H groups in total. The fraction of sp³-hybridized carbons (Fsp3) is 0.143. The summed E-state index contributed by atoms with van der Waals surface area (Å²) in [6.07, 6.45) is -1.28. The molecule has 2 rings (SSSR count). The van der Waals surface area contributed by atoms with Crippen LogP contribution in [-0.4, -0.2) is 24.0 Å². The van der Waals surface area contributed by atoms with Gasteiger partial charge >= 0.3 is 12.0 Å². The van der Waals surface area contributed by atoms with E-state index in [9.17, 15) is 19.2 Å². The molecule has 0 fully saturated rings. The Kier molecular flexibility index (Phi) is 4.21. The van der Waals surface area contributed by atoms with Crippen molar-refractivity contribution in [2.75, 3.05) is 0 Å². The lowest BCUT2D eigenvalue weighted by Crippen LogP contribution is -2.42. The second-order valence-electron chi connectivity index (χ2n) is 4.37. The van der Waals surface area contributed by atoms with Crippen LogP contribution in [0, 0.1) is 0 Å². The Balaban J connectivity index is 2.21. The van der Waals surface area contributed by atoms with Crippen LogP contribution in [0.2, 0.25) is 0 Å². The number of hydrogen-bond donors (Lipinski definition) is 2. The highest BCUT2D eigenvalue weighted by Crippen LogP contribution is 2.13. The summed E-state index contributed by atoms with van der Waals surface area (Å²) in [5.74, 6) is -2.23. The van der Waals surface area contributed by atoms with E-state index in [2.05, 4.69) is 0 Å². The molecule has 0 saturated carbocycles. The number of ether oxygens (including phenoxy) is 1. The van der Waals surface area contributed by atoms with Crippen LogP contribution in [-0.2, 0) is 9.53 Å². The first kappa shape index (κ1) is 15.2. The summed E-state index contributed by atoms with van der Waals surface area (Å²) in [5.41, 5.74) is 4.59. The number of nitrogens with two attached hydrogens (primary N) is 1. The zero-order chi connectivity index (χ0) is 16.3. The van der Waals surface area contributed by atoms with E-state index in [0.29, 0.717) is 5.39 Å². The van der Waals surface area contributed by atoms with E-state index < -0.39 is 29.4 Å². The molecule has 1 atom stereocenters. The number of carbonyl (C=O) groups is 3. The highest BCUT2D eigenvalue weighted by atomic mass is 16.6. The van der Waals surface area contributed by atoms with Crippen molar-refractivity contribution in [2.24, 2.45) is 5.73 Å². The van der Waals surface area contributed by atoms with Gasteiger partial charge in [-0.25, -0.2) is 9.59 Å². The highest BCUT2D eigenvalue weighted by molar-refractivity contribution is 5.97. The van der Waals surface area contributed by atoms with Crippen molar-refractivity contribution in [2.45, 2.75) is 13.0 Å². The lowest BCUT2D eigenvalue weighted by Gasteiger charge is -2.11. The van der Waals surface area contributed by atoms with Gasteiger partial charge in [0.1, 0.15) is 5.58 Å². The first-order chi connectivity index (χ1) is 10.4.